The quantitative estimate of drug-likeness (QED) is 0.724. The van der Waals surface area contributed by atoms with Gasteiger partial charge in [-0.05, 0) is 36.6 Å². The van der Waals surface area contributed by atoms with Crippen molar-refractivity contribution in [2.45, 2.75) is 19.4 Å². The highest BCUT2D eigenvalue weighted by atomic mass is 16.6. The van der Waals surface area contributed by atoms with Gasteiger partial charge in [0.05, 0.1) is 0 Å². The Morgan fingerprint density at radius 1 is 0.967 bits per heavy atom. The number of aromatic nitrogens is 3. The van der Waals surface area contributed by atoms with Gasteiger partial charge in [0.25, 0.3) is 5.91 Å². The van der Waals surface area contributed by atoms with Crippen molar-refractivity contribution in [1.82, 2.24) is 25.2 Å². The van der Waals surface area contributed by atoms with E-state index in [1.165, 1.54) is 0 Å². The average molecular weight is 405 g/mol. The van der Waals surface area contributed by atoms with Gasteiger partial charge in [-0.15, -0.1) is 0 Å². The number of fused-ring (bicyclic) bond motifs is 1. The summed E-state index contributed by atoms with van der Waals surface area (Å²) in [4.78, 5) is 28.8. The Labute approximate surface area is 173 Å². The number of benzene rings is 2. The summed E-state index contributed by atoms with van der Waals surface area (Å²) >= 11 is 0. The molecule has 0 aliphatic carbocycles. The molecule has 2 aliphatic heterocycles. The van der Waals surface area contributed by atoms with Crippen LogP contribution in [0.1, 0.15) is 28.8 Å². The summed E-state index contributed by atoms with van der Waals surface area (Å²) in [6.45, 7) is 3.09. The number of likely N-dealkylation sites (tertiary alicyclic amines) is 2. The molecule has 0 saturated carbocycles. The molecule has 30 heavy (non-hydrogen) atoms. The van der Waals surface area contributed by atoms with Crippen LogP contribution in [-0.4, -0.2) is 63.4 Å². The summed E-state index contributed by atoms with van der Waals surface area (Å²) in [5.74, 6) is 0.0234. The first-order valence-corrected chi connectivity index (χ1v) is 10.2. The molecule has 0 bridgehead atoms. The Bertz CT molecular complexity index is 1060. The van der Waals surface area contributed by atoms with Gasteiger partial charge in [0.15, 0.2) is 0 Å². The molecular formula is C22H23N5O3. The van der Waals surface area contributed by atoms with Crippen LogP contribution in [0.5, 0.6) is 0 Å². The second-order valence-corrected chi connectivity index (χ2v) is 8.22. The second-order valence-electron chi connectivity index (χ2n) is 8.22. The van der Waals surface area contributed by atoms with E-state index in [1.807, 2.05) is 35.2 Å². The minimum Gasteiger partial charge on any atom is -0.445 e. The predicted octanol–water partition coefficient (Wildman–Crippen LogP) is 2.83. The van der Waals surface area contributed by atoms with Gasteiger partial charge in [0.1, 0.15) is 17.6 Å². The molecule has 3 heterocycles. The molecule has 1 N–H and O–H groups in total. The van der Waals surface area contributed by atoms with Crippen molar-refractivity contribution in [2.24, 2.45) is 5.41 Å². The number of nitrogens with one attached hydrogen (secondary N) is 1. The number of carbonyl (C=O) groups is 2. The molecule has 0 unspecified atom stereocenters. The van der Waals surface area contributed by atoms with E-state index in [9.17, 15) is 9.59 Å². The summed E-state index contributed by atoms with van der Waals surface area (Å²) in [5, 5.41) is 10.6. The van der Waals surface area contributed by atoms with Crippen LogP contribution in [0.4, 0.5) is 4.79 Å². The summed E-state index contributed by atoms with van der Waals surface area (Å²) in [6, 6.07) is 15.1. The Morgan fingerprint density at radius 2 is 1.70 bits per heavy atom. The van der Waals surface area contributed by atoms with E-state index in [0.29, 0.717) is 30.8 Å². The Kier molecular flexibility index (Phi) is 4.61. The smallest absolute Gasteiger partial charge is 0.410 e. The molecule has 5 rings (SSSR count). The molecule has 2 aliphatic rings. The lowest BCUT2D eigenvalue weighted by Gasteiger charge is -2.53. The first-order valence-electron chi connectivity index (χ1n) is 10.2. The third kappa shape index (κ3) is 3.49. The minimum atomic E-state index is -0.262. The molecule has 2 aromatic carbocycles. The maximum absolute atomic E-state index is 12.8. The van der Waals surface area contributed by atoms with Crippen molar-refractivity contribution < 1.29 is 14.3 Å². The molecule has 0 radical (unpaired) electrons. The van der Waals surface area contributed by atoms with Crippen molar-refractivity contribution in [1.29, 1.82) is 0 Å². The lowest BCUT2D eigenvalue weighted by Crippen LogP contribution is -2.62. The number of carbonyl (C=O) groups excluding carboxylic acids is 2. The van der Waals surface area contributed by atoms with Crippen LogP contribution in [0.3, 0.4) is 0 Å². The van der Waals surface area contributed by atoms with Gasteiger partial charge in [-0.2, -0.15) is 15.4 Å². The number of hydrogen-bond donors (Lipinski definition) is 1. The highest BCUT2D eigenvalue weighted by Gasteiger charge is 2.47. The minimum absolute atomic E-state index is 0.0234. The fourth-order valence-corrected chi connectivity index (χ4v) is 4.35. The largest absolute Gasteiger partial charge is 0.445 e. The Morgan fingerprint density at radius 3 is 2.47 bits per heavy atom. The average Bonchev–Trinajstić information content (AvgIpc) is 3.24. The first kappa shape index (κ1) is 18.6. The van der Waals surface area contributed by atoms with E-state index >= 15 is 0 Å². The van der Waals surface area contributed by atoms with E-state index in [-0.39, 0.29) is 17.4 Å². The number of amides is 2. The van der Waals surface area contributed by atoms with Gasteiger partial charge in [0, 0.05) is 37.2 Å². The summed E-state index contributed by atoms with van der Waals surface area (Å²) in [5.41, 5.74) is 3.17. The molecule has 8 nitrogen and oxygen atoms in total. The topological polar surface area (TPSA) is 91.4 Å². The predicted molar refractivity (Wildman–Crippen MR) is 110 cm³/mol. The first-order chi connectivity index (χ1) is 14.6. The molecule has 1 aromatic heterocycles. The normalized spacial score (nSPS) is 17.7. The summed E-state index contributed by atoms with van der Waals surface area (Å²) in [6.07, 6.45) is 1.51. The number of H-pyrrole nitrogens is 1. The van der Waals surface area contributed by atoms with Gasteiger partial charge in [-0.25, -0.2) is 4.79 Å². The molecular weight excluding hydrogens is 382 g/mol. The molecule has 3 aromatic rings. The van der Waals surface area contributed by atoms with Gasteiger partial charge in [-0.3, -0.25) is 4.79 Å². The van der Waals surface area contributed by atoms with Crippen LogP contribution in [-0.2, 0) is 11.3 Å². The molecule has 2 fully saturated rings. The van der Waals surface area contributed by atoms with Crippen LogP contribution in [0.15, 0.2) is 48.5 Å². The number of nitrogens with zero attached hydrogens (tertiary/aromatic N) is 4. The van der Waals surface area contributed by atoms with Crippen LogP contribution in [0, 0.1) is 5.41 Å². The lowest BCUT2D eigenvalue weighted by atomic mass is 9.72. The third-order valence-corrected chi connectivity index (χ3v) is 6.19. The van der Waals surface area contributed by atoms with E-state index in [1.54, 1.807) is 23.1 Å². The van der Waals surface area contributed by atoms with Crippen LogP contribution in [0.2, 0.25) is 0 Å². The highest BCUT2D eigenvalue weighted by Crippen LogP contribution is 2.41. The number of aromatic amines is 1. The zero-order chi connectivity index (χ0) is 20.6. The monoisotopic (exact) mass is 405 g/mol. The van der Waals surface area contributed by atoms with Gasteiger partial charge < -0.3 is 14.5 Å². The zero-order valence-electron chi connectivity index (χ0n) is 16.6. The number of ether oxygens (including phenoxy) is 1. The Balaban J connectivity index is 1.12. The maximum atomic E-state index is 12.8. The fraction of sp³-hybridized carbons (Fsp3) is 0.364. The standard InChI is InChI=1S/C22H23N5O3/c28-20(17-6-7-18-19(12-17)24-25-23-18)27-14-22(15-27)8-10-26(11-9-22)21(29)30-13-16-4-2-1-3-5-16/h1-7,12H,8-11,13-15H2,(H,23,24,25). The number of hydrogen-bond acceptors (Lipinski definition) is 5. The van der Waals surface area contributed by atoms with Crippen LogP contribution >= 0.6 is 0 Å². The Hall–Kier alpha value is -3.42. The molecule has 1 spiro atoms. The van der Waals surface area contributed by atoms with Crippen molar-refractivity contribution >= 4 is 23.0 Å². The fourth-order valence-electron chi connectivity index (χ4n) is 4.35. The van der Waals surface area contributed by atoms with Crippen LogP contribution < -0.4 is 0 Å². The van der Waals surface area contributed by atoms with Gasteiger partial charge in [-0.1, -0.05) is 30.3 Å². The zero-order valence-corrected chi connectivity index (χ0v) is 16.6. The van der Waals surface area contributed by atoms with Gasteiger partial charge >= 0.3 is 6.09 Å². The van der Waals surface area contributed by atoms with E-state index in [0.717, 1.165) is 37.0 Å². The second kappa shape index (κ2) is 7.44. The van der Waals surface area contributed by atoms with E-state index in [4.69, 9.17) is 4.74 Å². The lowest BCUT2D eigenvalue weighted by molar-refractivity contribution is -0.0319. The number of rotatable bonds is 3. The summed E-state index contributed by atoms with van der Waals surface area (Å²) < 4.78 is 5.44. The maximum Gasteiger partial charge on any atom is 0.410 e. The molecule has 8 heteroatoms. The number of piperidine rings is 1. The molecule has 2 amide bonds. The van der Waals surface area contributed by atoms with E-state index in [2.05, 4.69) is 15.4 Å². The summed E-state index contributed by atoms with van der Waals surface area (Å²) in [7, 11) is 0. The highest BCUT2D eigenvalue weighted by molar-refractivity contribution is 5.97. The van der Waals surface area contributed by atoms with Crippen molar-refractivity contribution in [3.63, 3.8) is 0 Å². The molecule has 2 saturated heterocycles. The van der Waals surface area contributed by atoms with Gasteiger partial charge in [0.2, 0.25) is 0 Å². The molecule has 154 valence electrons. The third-order valence-electron chi connectivity index (χ3n) is 6.19. The SMILES string of the molecule is O=C(OCc1ccccc1)N1CCC2(CC1)CN(C(=O)c1ccc3n[nH]nc3c1)C2. The van der Waals surface area contributed by atoms with Crippen molar-refractivity contribution in [2.75, 3.05) is 26.2 Å². The van der Waals surface area contributed by atoms with Crippen LogP contribution in [0.25, 0.3) is 11.0 Å². The van der Waals surface area contributed by atoms with E-state index < -0.39 is 0 Å². The van der Waals surface area contributed by atoms with Crippen molar-refractivity contribution in [3.05, 3.63) is 59.7 Å². The molecule has 0 atom stereocenters. The van der Waals surface area contributed by atoms with Crippen molar-refractivity contribution in [3.8, 4) is 0 Å².